The molecule has 3 heteroatoms. The van der Waals surface area contributed by atoms with Crippen LogP contribution < -0.4 is 5.73 Å². The lowest BCUT2D eigenvalue weighted by Gasteiger charge is -2.28. The third-order valence-electron chi connectivity index (χ3n) is 1.91. The number of rotatable bonds is 4. The Morgan fingerprint density at radius 3 is 2.14 bits per heavy atom. The van der Waals surface area contributed by atoms with E-state index in [0.29, 0.717) is 6.42 Å². The highest BCUT2D eigenvalue weighted by Gasteiger charge is 2.32. The van der Waals surface area contributed by atoms with E-state index in [2.05, 4.69) is 6.92 Å². The molecular weight excluding hydrogens is 178 g/mol. The van der Waals surface area contributed by atoms with Crippen LogP contribution in [0.3, 0.4) is 0 Å². The fraction of sp³-hybridized carbons (Fsp3) is 0.909. The Labute approximate surface area is 87.0 Å². The standard InChI is InChI=1S/C11H23NO2/c1-6-7-8-11(5,12)9(13)14-10(2,3)4/h6-8,12H2,1-5H3. The van der Waals surface area contributed by atoms with Gasteiger partial charge in [-0.3, -0.25) is 4.79 Å². The molecule has 0 bridgehead atoms. The van der Waals surface area contributed by atoms with Gasteiger partial charge in [0, 0.05) is 0 Å². The molecule has 14 heavy (non-hydrogen) atoms. The van der Waals surface area contributed by atoms with Crippen LogP contribution in [0, 0.1) is 0 Å². The topological polar surface area (TPSA) is 52.3 Å². The van der Waals surface area contributed by atoms with Crippen LogP contribution in [0.5, 0.6) is 0 Å². The van der Waals surface area contributed by atoms with Gasteiger partial charge in [-0.1, -0.05) is 19.8 Å². The highest BCUT2D eigenvalue weighted by Crippen LogP contribution is 2.17. The number of nitrogens with two attached hydrogens (primary N) is 1. The van der Waals surface area contributed by atoms with Crippen molar-refractivity contribution >= 4 is 5.97 Å². The van der Waals surface area contributed by atoms with Gasteiger partial charge in [0.05, 0.1) is 0 Å². The summed E-state index contributed by atoms with van der Waals surface area (Å²) in [6, 6.07) is 0. The first kappa shape index (κ1) is 13.4. The van der Waals surface area contributed by atoms with Crippen molar-refractivity contribution in [2.75, 3.05) is 0 Å². The Morgan fingerprint density at radius 1 is 1.29 bits per heavy atom. The number of ether oxygens (including phenoxy) is 1. The van der Waals surface area contributed by atoms with Crippen molar-refractivity contribution in [2.24, 2.45) is 5.73 Å². The van der Waals surface area contributed by atoms with Crippen molar-refractivity contribution in [1.29, 1.82) is 0 Å². The Balaban J connectivity index is 4.21. The zero-order valence-electron chi connectivity index (χ0n) is 10.0. The van der Waals surface area contributed by atoms with Crippen LogP contribution >= 0.6 is 0 Å². The SMILES string of the molecule is CCCCC(C)(N)C(=O)OC(C)(C)C. The van der Waals surface area contributed by atoms with Gasteiger partial charge >= 0.3 is 5.97 Å². The maximum Gasteiger partial charge on any atom is 0.326 e. The van der Waals surface area contributed by atoms with Gasteiger partial charge in [0.15, 0.2) is 0 Å². The third-order valence-corrected chi connectivity index (χ3v) is 1.91. The van der Waals surface area contributed by atoms with Gasteiger partial charge in [0.25, 0.3) is 0 Å². The first-order valence-electron chi connectivity index (χ1n) is 5.21. The number of unbranched alkanes of at least 4 members (excludes halogenated alkanes) is 1. The number of carbonyl (C=O) groups excluding carboxylic acids is 1. The second-order valence-electron chi connectivity index (χ2n) is 5.02. The van der Waals surface area contributed by atoms with E-state index < -0.39 is 11.1 Å². The zero-order valence-corrected chi connectivity index (χ0v) is 10.0. The van der Waals surface area contributed by atoms with E-state index in [-0.39, 0.29) is 5.97 Å². The predicted octanol–water partition coefficient (Wildman–Crippen LogP) is 2.24. The van der Waals surface area contributed by atoms with Gasteiger partial charge < -0.3 is 10.5 Å². The average molecular weight is 201 g/mol. The summed E-state index contributed by atoms with van der Waals surface area (Å²) in [4.78, 5) is 11.6. The molecule has 0 aromatic heterocycles. The van der Waals surface area contributed by atoms with E-state index >= 15 is 0 Å². The van der Waals surface area contributed by atoms with Gasteiger partial charge in [0.1, 0.15) is 11.1 Å². The molecule has 0 heterocycles. The lowest BCUT2D eigenvalue weighted by molar-refractivity contribution is -0.161. The van der Waals surface area contributed by atoms with E-state index in [1.807, 2.05) is 20.8 Å². The molecule has 0 aliphatic rings. The van der Waals surface area contributed by atoms with Crippen molar-refractivity contribution in [3.05, 3.63) is 0 Å². The van der Waals surface area contributed by atoms with Crippen LogP contribution in [0.1, 0.15) is 53.9 Å². The smallest absolute Gasteiger partial charge is 0.326 e. The number of carbonyl (C=O) groups is 1. The largest absolute Gasteiger partial charge is 0.459 e. The molecule has 0 spiro atoms. The first-order chi connectivity index (χ1) is 6.19. The highest BCUT2D eigenvalue weighted by molar-refractivity contribution is 5.80. The van der Waals surface area contributed by atoms with Gasteiger partial charge in [-0.25, -0.2) is 0 Å². The average Bonchev–Trinajstić information content (AvgIpc) is 1.97. The molecular formula is C11H23NO2. The van der Waals surface area contributed by atoms with Crippen LogP contribution in [-0.2, 0) is 9.53 Å². The lowest BCUT2D eigenvalue weighted by atomic mass is 9.96. The van der Waals surface area contributed by atoms with E-state index in [4.69, 9.17) is 10.5 Å². The Morgan fingerprint density at radius 2 is 1.79 bits per heavy atom. The van der Waals surface area contributed by atoms with E-state index in [9.17, 15) is 4.79 Å². The molecule has 0 fully saturated rings. The molecule has 0 aromatic rings. The summed E-state index contributed by atoms with van der Waals surface area (Å²) < 4.78 is 5.24. The quantitative estimate of drug-likeness (QED) is 0.710. The molecule has 0 aliphatic carbocycles. The molecule has 0 rings (SSSR count). The second kappa shape index (κ2) is 4.78. The van der Waals surface area contributed by atoms with Crippen molar-refractivity contribution < 1.29 is 9.53 Å². The van der Waals surface area contributed by atoms with Crippen LogP contribution in [0.2, 0.25) is 0 Å². The predicted molar refractivity (Wildman–Crippen MR) is 58.0 cm³/mol. The summed E-state index contributed by atoms with van der Waals surface area (Å²) in [7, 11) is 0. The minimum absolute atomic E-state index is 0.307. The number of hydrogen-bond donors (Lipinski definition) is 1. The molecule has 0 aliphatic heterocycles. The molecule has 2 N–H and O–H groups in total. The Kier molecular flexibility index (Phi) is 4.59. The molecule has 1 atom stereocenters. The maximum absolute atomic E-state index is 11.6. The molecule has 84 valence electrons. The summed E-state index contributed by atoms with van der Waals surface area (Å²) >= 11 is 0. The van der Waals surface area contributed by atoms with Crippen LogP contribution in [0.15, 0.2) is 0 Å². The van der Waals surface area contributed by atoms with Crippen molar-refractivity contribution in [3.8, 4) is 0 Å². The van der Waals surface area contributed by atoms with Crippen molar-refractivity contribution in [1.82, 2.24) is 0 Å². The fourth-order valence-electron chi connectivity index (χ4n) is 1.04. The van der Waals surface area contributed by atoms with Gasteiger partial charge in [-0.15, -0.1) is 0 Å². The van der Waals surface area contributed by atoms with E-state index in [0.717, 1.165) is 12.8 Å². The van der Waals surface area contributed by atoms with E-state index in [1.165, 1.54) is 0 Å². The molecule has 0 amide bonds. The Hall–Kier alpha value is -0.570. The fourth-order valence-corrected chi connectivity index (χ4v) is 1.04. The molecule has 0 radical (unpaired) electrons. The molecule has 1 unspecified atom stereocenters. The monoisotopic (exact) mass is 201 g/mol. The first-order valence-corrected chi connectivity index (χ1v) is 5.21. The van der Waals surface area contributed by atoms with Crippen LogP contribution in [-0.4, -0.2) is 17.1 Å². The summed E-state index contributed by atoms with van der Waals surface area (Å²) in [5, 5.41) is 0. The highest BCUT2D eigenvalue weighted by atomic mass is 16.6. The Bertz CT molecular complexity index is 192. The normalized spacial score (nSPS) is 16.1. The summed E-state index contributed by atoms with van der Waals surface area (Å²) in [6.07, 6.45) is 2.67. The molecule has 0 saturated carbocycles. The van der Waals surface area contributed by atoms with Gasteiger partial charge in [0.2, 0.25) is 0 Å². The van der Waals surface area contributed by atoms with Gasteiger partial charge in [-0.2, -0.15) is 0 Å². The number of hydrogen-bond acceptors (Lipinski definition) is 3. The summed E-state index contributed by atoms with van der Waals surface area (Å²) in [5.74, 6) is -0.307. The van der Waals surface area contributed by atoms with Crippen LogP contribution in [0.4, 0.5) is 0 Å². The molecule has 0 saturated heterocycles. The second-order valence-corrected chi connectivity index (χ2v) is 5.02. The maximum atomic E-state index is 11.6. The minimum atomic E-state index is -0.844. The lowest BCUT2D eigenvalue weighted by Crippen LogP contribution is -2.48. The van der Waals surface area contributed by atoms with Crippen LogP contribution in [0.25, 0.3) is 0 Å². The summed E-state index contributed by atoms with van der Waals surface area (Å²) in [5.41, 5.74) is 4.58. The minimum Gasteiger partial charge on any atom is -0.459 e. The summed E-state index contributed by atoms with van der Waals surface area (Å²) in [6.45, 7) is 9.35. The third kappa shape index (κ3) is 5.22. The van der Waals surface area contributed by atoms with Crippen molar-refractivity contribution in [3.63, 3.8) is 0 Å². The molecule has 3 nitrogen and oxygen atoms in total. The number of esters is 1. The zero-order chi connectivity index (χ0) is 11.4. The molecule has 0 aromatic carbocycles. The van der Waals surface area contributed by atoms with E-state index in [1.54, 1.807) is 6.92 Å². The van der Waals surface area contributed by atoms with Crippen molar-refractivity contribution in [2.45, 2.75) is 65.0 Å². The van der Waals surface area contributed by atoms with Gasteiger partial charge in [-0.05, 0) is 34.1 Å².